The first-order valence-corrected chi connectivity index (χ1v) is 14.9. The summed E-state index contributed by atoms with van der Waals surface area (Å²) in [6.07, 6.45) is 6.47. The van der Waals surface area contributed by atoms with Gasteiger partial charge in [-0.15, -0.1) is 0 Å². The number of aryl methyl sites for hydroxylation is 2. The van der Waals surface area contributed by atoms with E-state index < -0.39 is 41.6 Å². The van der Waals surface area contributed by atoms with Crippen LogP contribution in [0, 0.1) is 5.82 Å². The molecule has 1 unspecified atom stereocenters. The van der Waals surface area contributed by atoms with E-state index in [2.05, 4.69) is 15.7 Å². The van der Waals surface area contributed by atoms with Crippen molar-refractivity contribution in [3.05, 3.63) is 76.9 Å². The molecule has 11 nitrogen and oxygen atoms in total. The van der Waals surface area contributed by atoms with E-state index in [0.717, 1.165) is 32.7 Å². The Labute approximate surface area is 253 Å². The third kappa shape index (κ3) is 4.64. The van der Waals surface area contributed by atoms with Gasteiger partial charge in [-0.3, -0.25) is 24.0 Å². The predicted octanol–water partition coefficient (Wildman–Crippen LogP) is 2.00. The SMILES string of the molecule is CNC(=O)Cn1cc(-c2ccc3c(c2)CCC32NC(=O)N(CC(=O)N3Cc4ccc(F)cc4CC[C@H]3C3(O)CC3)C2=O)cn1. The summed E-state index contributed by atoms with van der Waals surface area (Å²) in [5.41, 5.74) is 2.61. The van der Waals surface area contributed by atoms with Gasteiger partial charge < -0.3 is 20.6 Å². The lowest BCUT2D eigenvalue weighted by Crippen LogP contribution is -2.51. The summed E-state index contributed by atoms with van der Waals surface area (Å²) in [4.78, 5) is 55.3. The molecular weight excluding hydrogens is 567 g/mol. The van der Waals surface area contributed by atoms with Crippen LogP contribution in [0.1, 0.15) is 47.9 Å². The van der Waals surface area contributed by atoms with Crippen molar-refractivity contribution < 1.29 is 28.7 Å². The summed E-state index contributed by atoms with van der Waals surface area (Å²) < 4.78 is 15.5. The number of nitrogens with one attached hydrogen (secondary N) is 2. The highest BCUT2D eigenvalue weighted by Gasteiger charge is 2.57. The fraction of sp³-hybridized carbons (Fsp3) is 0.406. The van der Waals surface area contributed by atoms with Gasteiger partial charge in [-0.1, -0.05) is 24.3 Å². The number of amides is 5. The first-order chi connectivity index (χ1) is 21.1. The predicted molar refractivity (Wildman–Crippen MR) is 155 cm³/mol. The van der Waals surface area contributed by atoms with Crippen molar-refractivity contribution in [3.8, 4) is 11.1 Å². The van der Waals surface area contributed by atoms with Crippen LogP contribution in [0.25, 0.3) is 11.1 Å². The number of benzene rings is 2. The van der Waals surface area contributed by atoms with Crippen LogP contribution in [0.3, 0.4) is 0 Å². The fourth-order valence-corrected chi connectivity index (χ4v) is 7.03. The highest BCUT2D eigenvalue weighted by atomic mass is 19.1. The second-order valence-electron chi connectivity index (χ2n) is 12.3. The monoisotopic (exact) mass is 600 g/mol. The van der Waals surface area contributed by atoms with Crippen LogP contribution >= 0.6 is 0 Å². The van der Waals surface area contributed by atoms with Crippen molar-refractivity contribution in [1.29, 1.82) is 0 Å². The molecule has 2 aliphatic carbocycles. The average Bonchev–Trinajstić information content (AvgIpc) is 3.37. The molecule has 1 spiro atoms. The molecule has 4 aliphatic rings. The molecule has 7 rings (SSSR count). The average molecular weight is 601 g/mol. The lowest BCUT2D eigenvalue weighted by Gasteiger charge is -2.34. The summed E-state index contributed by atoms with van der Waals surface area (Å²) in [5.74, 6) is -1.42. The van der Waals surface area contributed by atoms with E-state index in [1.165, 1.54) is 12.1 Å². The molecule has 228 valence electrons. The Bertz CT molecular complexity index is 1720. The topological polar surface area (TPSA) is 137 Å². The zero-order valence-electron chi connectivity index (χ0n) is 24.3. The first kappa shape index (κ1) is 28.2. The number of hydrogen-bond acceptors (Lipinski definition) is 6. The number of nitrogens with zero attached hydrogens (tertiary/aromatic N) is 4. The lowest BCUT2D eigenvalue weighted by atomic mass is 9.90. The van der Waals surface area contributed by atoms with E-state index in [4.69, 9.17) is 0 Å². The van der Waals surface area contributed by atoms with Crippen LogP contribution in [0.2, 0.25) is 0 Å². The number of carbonyl (C=O) groups is 4. The molecule has 0 radical (unpaired) electrons. The number of imide groups is 1. The van der Waals surface area contributed by atoms with Gasteiger partial charge in [0.2, 0.25) is 11.8 Å². The van der Waals surface area contributed by atoms with Crippen LogP contribution in [-0.4, -0.2) is 73.7 Å². The van der Waals surface area contributed by atoms with Crippen molar-refractivity contribution in [2.45, 2.75) is 68.8 Å². The number of aliphatic hydroxyl groups is 1. The van der Waals surface area contributed by atoms with Gasteiger partial charge >= 0.3 is 6.03 Å². The number of urea groups is 1. The van der Waals surface area contributed by atoms with Crippen LogP contribution in [-0.2, 0) is 45.9 Å². The summed E-state index contributed by atoms with van der Waals surface area (Å²) in [5, 5.41) is 20.8. The summed E-state index contributed by atoms with van der Waals surface area (Å²) in [6.45, 7) is -0.183. The Balaban J connectivity index is 1.11. The standard InChI is InChI=1S/C32H33FN6O5/c1-34-27(40)17-37-15-23(14-35-37)19-3-6-25-21(12-19)8-9-32(25)29(42)39(30(43)36-32)18-28(41)38-16-22-2-5-24(33)13-20(22)4-7-26(38)31(44)10-11-31/h2-3,5-6,12-15,26,44H,4,7-11,16-18H2,1H3,(H,34,40)(H,36,43)/t26-,32?/m0/s1. The zero-order valence-corrected chi connectivity index (χ0v) is 24.3. The van der Waals surface area contributed by atoms with Gasteiger partial charge in [-0.05, 0) is 78.5 Å². The molecule has 3 aromatic rings. The summed E-state index contributed by atoms with van der Waals surface area (Å²) in [6, 6.07) is 9.02. The first-order valence-electron chi connectivity index (χ1n) is 14.9. The highest BCUT2D eigenvalue weighted by Crippen LogP contribution is 2.45. The second-order valence-corrected chi connectivity index (χ2v) is 12.3. The number of hydrogen-bond donors (Lipinski definition) is 3. The van der Waals surface area contributed by atoms with Gasteiger partial charge in [-0.2, -0.15) is 5.10 Å². The Morgan fingerprint density at radius 2 is 1.86 bits per heavy atom. The lowest BCUT2D eigenvalue weighted by molar-refractivity contribution is -0.143. The minimum Gasteiger partial charge on any atom is -0.388 e. The van der Waals surface area contributed by atoms with Crippen LogP contribution < -0.4 is 10.6 Å². The molecule has 3 N–H and O–H groups in total. The maximum absolute atomic E-state index is 14.0. The smallest absolute Gasteiger partial charge is 0.325 e. The molecular formula is C32H33FN6O5. The van der Waals surface area contributed by atoms with E-state index in [1.54, 1.807) is 35.1 Å². The maximum Gasteiger partial charge on any atom is 0.325 e. The molecule has 12 heteroatoms. The maximum atomic E-state index is 14.0. The number of fused-ring (bicyclic) bond motifs is 3. The van der Waals surface area contributed by atoms with Crippen molar-refractivity contribution in [2.75, 3.05) is 13.6 Å². The van der Waals surface area contributed by atoms with E-state index >= 15 is 0 Å². The van der Waals surface area contributed by atoms with Gasteiger partial charge in [0.05, 0.1) is 17.8 Å². The number of likely N-dealkylation sites (N-methyl/N-ethyl adjacent to an activating group) is 1. The molecule has 1 saturated heterocycles. The number of carbonyl (C=O) groups excluding carboxylic acids is 4. The van der Waals surface area contributed by atoms with Gasteiger partial charge in [0.15, 0.2) is 0 Å². The molecule has 2 atom stereocenters. The highest BCUT2D eigenvalue weighted by molar-refractivity contribution is 6.10. The Hall–Kier alpha value is -4.58. The van der Waals surface area contributed by atoms with Crippen molar-refractivity contribution >= 4 is 23.8 Å². The molecule has 0 bridgehead atoms. The normalized spacial score (nSPS) is 23.3. The van der Waals surface area contributed by atoms with Crippen molar-refractivity contribution in [3.63, 3.8) is 0 Å². The van der Waals surface area contributed by atoms with Crippen LogP contribution in [0.5, 0.6) is 0 Å². The molecule has 2 aromatic carbocycles. The number of aromatic nitrogens is 2. The zero-order chi connectivity index (χ0) is 30.8. The van der Waals surface area contributed by atoms with Gasteiger partial charge in [0.1, 0.15) is 24.4 Å². The molecule has 5 amide bonds. The van der Waals surface area contributed by atoms with E-state index in [0.29, 0.717) is 44.1 Å². The summed E-state index contributed by atoms with van der Waals surface area (Å²) in [7, 11) is 1.57. The van der Waals surface area contributed by atoms with Crippen molar-refractivity contribution in [1.82, 2.24) is 30.2 Å². The third-order valence-corrected chi connectivity index (χ3v) is 9.63. The third-order valence-electron chi connectivity index (χ3n) is 9.63. The molecule has 3 heterocycles. The van der Waals surface area contributed by atoms with E-state index in [1.807, 2.05) is 18.2 Å². The quantitative estimate of drug-likeness (QED) is 0.371. The van der Waals surface area contributed by atoms with Gasteiger partial charge in [0, 0.05) is 25.4 Å². The minimum atomic E-state index is -1.26. The molecule has 2 fully saturated rings. The Morgan fingerprint density at radius 3 is 2.64 bits per heavy atom. The molecule has 1 saturated carbocycles. The largest absolute Gasteiger partial charge is 0.388 e. The Morgan fingerprint density at radius 1 is 1.05 bits per heavy atom. The molecule has 1 aromatic heterocycles. The second kappa shape index (κ2) is 10.3. The van der Waals surface area contributed by atoms with Crippen molar-refractivity contribution in [2.24, 2.45) is 0 Å². The Kier molecular flexibility index (Phi) is 6.58. The summed E-state index contributed by atoms with van der Waals surface area (Å²) >= 11 is 0. The van der Waals surface area contributed by atoms with Gasteiger partial charge in [-0.25, -0.2) is 9.18 Å². The van der Waals surface area contributed by atoms with E-state index in [-0.39, 0.29) is 24.8 Å². The molecule has 2 aliphatic heterocycles. The van der Waals surface area contributed by atoms with Crippen LogP contribution in [0.4, 0.5) is 9.18 Å². The number of halogens is 1. The van der Waals surface area contributed by atoms with E-state index in [9.17, 15) is 28.7 Å². The van der Waals surface area contributed by atoms with Gasteiger partial charge in [0.25, 0.3) is 5.91 Å². The van der Waals surface area contributed by atoms with Crippen LogP contribution in [0.15, 0.2) is 48.8 Å². The molecule has 44 heavy (non-hydrogen) atoms. The fourth-order valence-electron chi connectivity index (χ4n) is 7.03. The minimum absolute atomic E-state index is 0.0994. The number of rotatable bonds is 6.